The van der Waals surface area contributed by atoms with Crippen LogP contribution in [0.5, 0.6) is 5.75 Å². The van der Waals surface area contributed by atoms with Gasteiger partial charge in [0.2, 0.25) is 5.91 Å². The van der Waals surface area contributed by atoms with Gasteiger partial charge in [0.25, 0.3) is 0 Å². The minimum atomic E-state index is -0.0757. The van der Waals surface area contributed by atoms with Gasteiger partial charge in [-0.3, -0.25) is 4.79 Å². The maximum Gasteiger partial charge on any atom is 0.220 e. The number of aryl methyl sites for hydroxylation is 1. The molecule has 0 saturated heterocycles. The van der Waals surface area contributed by atoms with Crippen LogP contribution in [0.1, 0.15) is 61.3 Å². The number of nitrogens with one attached hydrogen (secondary N) is 1. The molecule has 0 radical (unpaired) electrons. The molecule has 138 valence electrons. The highest BCUT2D eigenvalue weighted by atomic mass is 16.3. The van der Waals surface area contributed by atoms with Gasteiger partial charge in [-0.2, -0.15) is 0 Å². The predicted octanol–water partition coefficient (Wildman–Crippen LogP) is 1.81. The molecule has 26 heavy (non-hydrogen) atoms. The van der Waals surface area contributed by atoms with Crippen molar-refractivity contribution in [3.8, 4) is 5.75 Å². The molecule has 7 nitrogen and oxygen atoms in total. The van der Waals surface area contributed by atoms with Gasteiger partial charge in [-0.05, 0) is 49.8 Å². The number of aromatic hydroxyl groups is 1. The monoisotopic (exact) mass is 356 g/mol. The summed E-state index contributed by atoms with van der Waals surface area (Å²) >= 11 is 0. The molecule has 2 aliphatic carbocycles. The van der Waals surface area contributed by atoms with Crippen molar-refractivity contribution in [2.24, 2.45) is 0 Å². The van der Waals surface area contributed by atoms with Crippen LogP contribution in [0, 0.1) is 0 Å². The fourth-order valence-corrected chi connectivity index (χ4v) is 3.62. The van der Waals surface area contributed by atoms with Crippen LogP contribution in [0.25, 0.3) is 0 Å². The Kier molecular flexibility index (Phi) is 4.63. The van der Waals surface area contributed by atoms with Crippen LogP contribution in [-0.2, 0) is 17.8 Å². The fourth-order valence-electron chi connectivity index (χ4n) is 3.62. The van der Waals surface area contributed by atoms with Gasteiger partial charge in [0.15, 0.2) is 5.82 Å². The number of phenols is 1. The van der Waals surface area contributed by atoms with E-state index in [4.69, 9.17) is 0 Å². The second-order valence-corrected chi connectivity index (χ2v) is 7.33. The molecule has 1 aromatic heterocycles. The second kappa shape index (κ2) is 7.07. The summed E-state index contributed by atoms with van der Waals surface area (Å²) in [7, 11) is 0. The summed E-state index contributed by atoms with van der Waals surface area (Å²) in [6, 6.07) is 7.59. The first-order chi connectivity index (χ1) is 12.6. The van der Waals surface area contributed by atoms with E-state index in [1.807, 2.05) is 12.1 Å². The zero-order chi connectivity index (χ0) is 18.1. The Morgan fingerprint density at radius 1 is 1.19 bits per heavy atom. The molecule has 2 fully saturated rings. The standard InChI is InChI=1S/C19H24N4O3/c24-11-17-21-22-19(23(17)15-4-5-15)13-9-14(10-13)20-18(26)8-3-12-1-6-16(25)7-2-12/h1-2,6-7,13-15,24-25H,3-5,8-11H2,(H,20,26). The van der Waals surface area contributed by atoms with E-state index >= 15 is 0 Å². The fraction of sp³-hybridized carbons (Fsp3) is 0.526. The van der Waals surface area contributed by atoms with Gasteiger partial charge in [0.1, 0.15) is 18.2 Å². The largest absolute Gasteiger partial charge is 0.508 e. The Labute approximate surface area is 152 Å². The number of carbonyl (C=O) groups excluding carboxylic acids is 1. The summed E-state index contributed by atoms with van der Waals surface area (Å²) < 4.78 is 2.10. The summed E-state index contributed by atoms with van der Waals surface area (Å²) in [4.78, 5) is 12.1. The Morgan fingerprint density at radius 2 is 1.92 bits per heavy atom. The van der Waals surface area contributed by atoms with Crippen molar-refractivity contribution in [2.75, 3.05) is 0 Å². The number of hydrogen-bond donors (Lipinski definition) is 3. The van der Waals surface area contributed by atoms with E-state index in [9.17, 15) is 15.0 Å². The molecule has 2 aliphatic rings. The van der Waals surface area contributed by atoms with Gasteiger partial charge >= 0.3 is 0 Å². The van der Waals surface area contributed by atoms with Crippen molar-refractivity contribution >= 4 is 5.91 Å². The zero-order valence-electron chi connectivity index (χ0n) is 14.6. The van der Waals surface area contributed by atoms with E-state index in [0.717, 1.165) is 37.1 Å². The molecule has 2 saturated carbocycles. The zero-order valence-corrected chi connectivity index (χ0v) is 14.6. The number of nitrogens with zero attached hydrogens (tertiary/aromatic N) is 3. The van der Waals surface area contributed by atoms with Gasteiger partial charge in [-0.1, -0.05) is 12.1 Å². The smallest absolute Gasteiger partial charge is 0.220 e. The van der Waals surface area contributed by atoms with Crippen LogP contribution < -0.4 is 5.32 Å². The normalized spacial score (nSPS) is 22.0. The topological polar surface area (TPSA) is 100 Å². The number of aliphatic hydroxyl groups is 1. The first kappa shape index (κ1) is 17.0. The average molecular weight is 356 g/mol. The summed E-state index contributed by atoms with van der Waals surface area (Å²) in [6.07, 6.45) is 5.11. The number of aliphatic hydroxyl groups excluding tert-OH is 1. The van der Waals surface area contributed by atoms with E-state index in [1.165, 1.54) is 0 Å². The van der Waals surface area contributed by atoms with E-state index in [0.29, 0.717) is 30.6 Å². The molecule has 7 heteroatoms. The predicted molar refractivity (Wildman–Crippen MR) is 94.5 cm³/mol. The molecule has 0 bridgehead atoms. The van der Waals surface area contributed by atoms with Gasteiger partial charge in [0, 0.05) is 24.4 Å². The van der Waals surface area contributed by atoms with Crippen LogP contribution in [0.2, 0.25) is 0 Å². The van der Waals surface area contributed by atoms with Gasteiger partial charge in [-0.15, -0.1) is 10.2 Å². The van der Waals surface area contributed by atoms with Gasteiger partial charge in [-0.25, -0.2) is 0 Å². The lowest BCUT2D eigenvalue weighted by atomic mass is 9.79. The maximum atomic E-state index is 12.1. The quantitative estimate of drug-likeness (QED) is 0.702. The van der Waals surface area contributed by atoms with E-state index < -0.39 is 0 Å². The number of phenolic OH excluding ortho intramolecular Hbond substituents is 1. The molecule has 0 spiro atoms. The van der Waals surface area contributed by atoms with Gasteiger partial charge < -0.3 is 20.1 Å². The molecular weight excluding hydrogens is 332 g/mol. The van der Waals surface area contributed by atoms with Crippen molar-refractivity contribution in [1.29, 1.82) is 0 Å². The first-order valence-corrected chi connectivity index (χ1v) is 9.26. The number of benzene rings is 1. The maximum absolute atomic E-state index is 12.1. The summed E-state index contributed by atoms with van der Waals surface area (Å²) in [5.41, 5.74) is 1.04. The van der Waals surface area contributed by atoms with Crippen LogP contribution in [0.3, 0.4) is 0 Å². The third-order valence-corrected chi connectivity index (χ3v) is 5.29. The van der Waals surface area contributed by atoms with Crippen LogP contribution in [0.15, 0.2) is 24.3 Å². The highest BCUT2D eigenvalue weighted by Gasteiger charge is 2.38. The summed E-state index contributed by atoms with van der Waals surface area (Å²) in [5.74, 6) is 2.23. The molecule has 3 N–H and O–H groups in total. The highest BCUT2D eigenvalue weighted by Crippen LogP contribution is 2.42. The lowest BCUT2D eigenvalue weighted by Gasteiger charge is -2.35. The Hall–Kier alpha value is -2.41. The number of hydrogen-bond acceptors (Lipinski definition) is 5. The SMILES string of the molecule is O=C(CCc1ccc(O)cc1)NC1CC(c2nnc(CO)n2C2CC2)C1. The van der Waals surface area contributed by atoms with Gasteiger partial charge in [0.05, 0.1) is 0 Å². The molecule has 1 heterocycles. The number of aromatic nitrogens is 3. The first-order valence-electron chi connectivity index (χ1n) is 9.26. The summed E-state index contributed by atoms with van der Waals surface area (Å²) in [6.45, 7) is -0.0757. The number of rotatable bonds is 7. The molecule has 1 aromatic carbocycles. The Morgan fingerprint density at radius 3 is 2.58 bits per heavy atom. The molecule has 0 atom stereocenters. The van der Waals surface area contributed by atoms with E-state index in [1.54, 1.807) is 12.1 Å². The minimum absolute atomic E-state index is 0.0567. The van der Waals surface area contributed by atoms with Crippen molar-refractivity contribution in [3.63, 3.8) is 0 Å². The van der Waals surface area contributed by atoms with Crippen molar-refractivity contribution in [2.45, 2.75) is 63.1 Å². The lowest BCUT2D eigenvalue weighted by molar-refractivity contribution is -0.122. The number of amides is 1. The molecule has 4 rings (SSSR count). The highest BCUT2D eigenvalue weighted by molar-refractivity contribution is 5.76. The van der Waals surface area contributed by atoms with Crippen LogP contribution in [-0.4, -0.2) is 36.9 Å². The second-order valence-electron chi connectivity index (χ2n) is 7.33. The van der Waals surface area contributed by atoms with Crippen molar-refractivity contribution in [1.82, 2.24) is 20.1 Å². The molecule has 2 aromatic rings. The molecule has 1 amide bonds. The lowest BCUT2D eigenvalue weighted by Crippen LogP contribution is -2.44. The average Bonchev–Trinajstić information content (AvgIpc) is 3.36. The molecule has 0 aliphatic heterocycles. The van der Waals surface area contributed by atoms with E-state index in [2.05, 4.69) is 20.1 Å². The minimum Gasteiger partial charge on any atom is -0.508 e. The number of carbonyl (C=O) groups is 1. The molecule has 0 unspecified atom stereocenters. The Balaban J connectivity index is 1.25. The van der Waals surface area contributed by atoms with Crippen LogP contribution in [0.4, 0.5) is 0 Å². The van der Waals surface area contributed by atoms with Crippen molar-refractivity contribution in [3.05, 3.63) is 41.5 Å². The Bertz CT molecular complexity index is 777. The summed E-state index contributed by atoms with van der Waals surface area (Å²) in [5, 5.41) is 30.2. The van der Waals surface area contributed by atoms with Crippen molar-refractivity contribution < 1.29 is 15.0 Å². The molecular formula is C19H24N4O3. The van der Waals surface area contributed by atoms with E-state index in [-0.39, 0.29) is 24.3 Å². The third kappa shape index (κ3) is 3.58. The van der Waals surface area contributed by atoms with Crippen LogP contribution >= 0.6 is 0 Å². The third-order valence-electron chi connectivity index (χ3n) is 5.29.